The molecule has 0 radical (unpaired) electrons. The molecular formula is C75H73Cl2IN2. The molecular weight excluding hydrogens is 1130 g/mol. The van der Waals surface area contributed by atoms with Gasteiger partial charge in [-0.15, -0.1) is 0 Å². The SMILES string of the molecule is Cc1ccccc1.Clc1ccc(I)cc1.Clc1ccc(N(c2ccc(-c3ccccc3)cc2)c2ccc(C34CC5CC(CC(C5)C3)C4)cc2)cc1.c1ccc(-c2ccc(Nc3ccc(C45CC6CC(CC(C6)C4)C5)cc3)cc2)cc1. The minimum atomic E-state index is 0.426. The van der Waals surface area contributed by atoms with Crippen molar-refractivity contribution in [2.24, 2.45) is 35.5 Å². The van der Waals surface area contributed by atoms with Gasteiger partial charge in [0.2, 0.25) is 0 Å². The summed E-state index contributed by atoms with van der Waals surface area (Å²) in [5.74, 6) is 5.89. The van der Waals surface area contributed by atoms with Crippen LogP contribution in [0.1, 0.15) is 93.7 Å². The Balaban J connectivity index is 0.000000128. The number of aryl methyl sites for hydroxylation is 1. The Bertz CT molecular complexity index is 3310. The molecule has 404 valence electrons. The van der Waals surface area contributed by atoms with Crippen LogP contribution in [-0.4, -0.2) is 0 Å². The van der Waals surface area contributed by atoms with Gasteiger partial charge in [0.15, 0.2) is 0 Å². The van der Waals surface area contributed by atoms with E-state index >= 15 is 0 Å². The van der Waals surface area contributed by atoms with E-state index < -0.39 is 0 Å². The molecule has 2 nitrogen and oxygen atoms in total. The minimum Gasteiger partial charge on any atom is -0.356 e. The topological polar surface area (TPSA) is 15.3 Å². The van der Waals surface area contributed by atoms with E-state index in [1.165, 1.54) is 120 Å². The molecule has 0 aromatic heterocycles. The fourth-order valence-corrected chi connectivity index (χ4v) is 16.4. The Kier molecular flexibility index (Phi) is 16.7. The van der Waals surface area contributed by atoms with E-state index in [1.54, 1.807) is 11.1 Å². The molecule has 1 N–H and O–H groups in total. The highest BCUT2D eigenvalue weighted by atomic mass is 127. The van der Waals surface area contributed by atoms with Crippen molar-refractivity contribution in [1.29, 1.82) is 0 Å². The van der Waals surface area contributed by atoms with E-state index in [0.717, 1.165) is 62.6 Å². The Labute approximate surface area is 500 Å². The van der Waals surface area contributed by atoms with Crippen molar-refractivity contribution in [3.8, 4) is 22.3 Å². The van der Waals surface area contributed by atoms with E-state index in [0.29, 0.717) is 10.8 Å². The second kappa shape index (κ2) is 24.5. The van der Waals surface area contributed by atoms with E-state index in [1.807, 2.05) is 54.6 Å². The molecule has 80 heavy (non-hydrogen) atoms. The quantitative estimate of drug-likeness (QED) is 0.145. The van der Waals surface area contributed by atoms with Crippen LogP contribution in [0.5, 0.6) is 0 Å². The summed E-state index contributed by atoms with van der Waals surface area (Å²) >= 11 is 14.1. The first kappa shape index (κ1) is 54.5. The van der Waals surface area contributed by atoms with E-state index in [2.05, 4.69) is 222 Å². The maximum Gasteiger partial charge on any atom is 0.0462 e. The van der Waals surface area contributed by atoms with Gasteiger partial charge in [-0.2, -0.15) is 0 Å². The average molecular weight is 1200 g/mol. The molecule has 8 saturated carbocycles. The third kappa shape index (κ3) is 12.8. The number of halogens is 3. The molecule has 0 unspecified atom stereocenters. The molecule has 17 rings (SSSR count). The lowest BCUT2D eigenvalue weighted by molar-refractivity contribution is -0.00530. The van der Waals surface area contributed by atoms with Crippen molar-refractivity contribution in [1.82, 2.24) is 0 Å². The Morgan fingerprint density at radius 3 is 0.988 bits per heavy atom. The van der Waals surface area contributed by atoms with Crippen molar-refractivity contribution < 1.29 is 0 Å². The summed E-state index contributed by atoms with van der Waals surface area (Å²) < 4.78 is 1.21. The van der Waals surface area contributed by atoms with Crippen LogP contribution in [-0.2, 0) is 10.8 Å². The third-order valence-corrected chi connectivity index (χ3v) is 19.9. The van der Waals surface area contributed by atoms with E-state index in [-0.39, 0.29) is 0 Å². The fraction of sp³-hybridized carbons (Fsp3) is 0.280. The predicted molar refractivity (Wildman–Crippen MR) is 348 cm³/mol. The van der Waals surface area contributed by atoms with Crippen LogP contribution in [0.3, 0.4) is 0 Å². The summed E-state index contributed by atoms with van der Waals surface area (Å²) in [5, 5.41) is 5.14. The molecule has 9 aromatic carbocycles. The summed E-state index contributed by atoms with van der Waals surface area (Å²) in [4.78, 5) is 2.34. The third-order valence-electron chi connectivity index (χ3n) is 18.7. The standard InChI is InChI=1S/C34H32ClN.C28H29N.C7H8.C6H4ClI/c35-30-10-16-33(17-11-30)36(31-12-6-28(7-13-31)27-4-2-1-3-5-27)32-14-8-29(9-15-32)34-21-24-18-25(22-34)20-26(19-24)23-34;1-2-4-23(5-3-1)24-6-10-26(11-7-24)29-27-12-8-25(9-13-27)28-17-20-14-21(18-28)16-22(15-20)19-28;1-7-5-3-2-4-6-7;7-5-1-3-6(8)4-2-5/h1-17,24-26H,18-23H2;1-13,20-22,29H,14-19H2;2-6H,1H3;1-4H. The van der Waals surface area contributed by atoms with Gasteiger partial charge in [-0.05, 0) is 283 Å². The number of nitrogens with zero attached hydrogens (tertiary/aromatic N) is 1. The summed E-state index contributed by atoms with van der Waals surface area (Å²) in [6.45, 7) is 2.08. The van der Waals surface area contributed by atoms with Crippen LogP contribution in [0.15, 0.2) is 237 Å². The van der Waals surface area contributed by atoms with Crippen molar-refractivity contribution in [2.75, 3.05) is 10.2 Å². The van der Waals surface area contributed by atoms with Crippen LogP contribution in [0, 0.1) is 46.0 Å². The fourth-order valence-electron chi connectivity index (χ4n) is 15.8. The molecule has 0 amide bonds. The largest absolute Gasteiger partial charge is 0.356 e. The molecule has 8 aliphatic carbocycles. The van der Waals surface area contributed by atoms with Crippen LogP contribution in [0.2, 0.25) is 10.0 Å². The Morgan fingerprint density at radius 2 is 0.637 bits per heavy atom. The first-order chi connectivity index (χ1) is 39.1. The van der Waals surface area contributed by atoms with Gasteiger partial charge in [0.1, 0.15) is 0 Å². The molecule has 5 heteroatoms. The van der Waals surface area contributed by atoms with Crippen molar-refractivity contribution in [3.63, 3.8) is 0 Å². The molecule has 0 heterocycles. The normalized spacial score (nSPS) is 24.2. The minimum absolute atomic E-state index is 0.426. The molecule has 9 aromatic rings. The van der Waals surface area contributed by atoms with Gasteiger partial charge >= 0.3 is 0 Å². The number of hydrogen-bond donors (Lipinski definition) is 1. The lowest BCUT2D eigenvalue weighted by Gasteiger charge is -2.57. The first-order valence-corrected chi connectivity index (χ1v) is 31.2. The lowest BCUT2D eigenvalue weighted by Crippen LogP contribution is -2.48. The van der Waals surface area contributed by atoms with Crippen molar-refractivity contribution in [2.45, 2.75) is 94.8 Å². The smallest absolute Gasteiger partial charge is 0.0462 e. The highest BCUT2D eigenvalue weighted by molar-refractivity contribution is 14.1. The highest BCUT2D eigenvalue weighted by Crippen LogP contribution is 2.62. The second-order valence-corrected chi connectivity index (χ2v) is 26.5. The molecule has 0 aliphatic heterocycles. The van der Waals surface area contributed by atoms with Gasteiger partial charge in [-0.1, -0.05) is 168 Å². The number of hydrogen-bond acceptors (Lipinski definition) is 2. The molecule has 8 fully saturated rings. The molecule has 0 spiro atoms. The van der Waals surface area contributed by atoms with Crippen LogP contribution >= 0.6 is 45.8 Å². The van der Waals surface area contributed by atoms with Gasteiger partial charge in [0, 0.05) is 42.1 Å². The average Bonchev–Trinajstić information content (AvgIpc) is 3.55. The van der Waals surface area contributed by atoms with Crippen LogP contribution < -0.4 is 10.2 Å². The van der Waals surface area contributed by atoms with Crippen molar-refractivity contribution >= 4 is 74.2 Å². The zero-order valence-corrected chi connectivity index (χ0v) is 49.7. The summed E-state index contributed by atoms with van der Waals surface area (Å²) in [5.41, 5.74) is 16.2. The Morgan fingerprint density at radius 1 is 0.350 bits per heavy atom. The highest BCUT2D eigenvalue weighted by Gasteiger charge is 2.52. The zero-order valence-electron chi connectivity index (χ0n) is 46.0. The van der Waals surface area contributed by atoms with Crippen LogP contribution in [0.25, 0.3) is 22.3 Å². The van der Waals surface area contributed by atoms with E-state index in [9.17, 15) is 0 Å². The molecule has 0 saturated heterocycles. The first-order valence-electron chi connectivity index (χ1n) is 29.4. The monoisotopic (exact) mass is 1200 g/mol. The number of rotatable bonds is 9. The summed E-state index contributed by atoms with van der Waals surface area (Å²) in [7, 11) is 0. The molecule has 0 atom stereocenters. The van der Waals surface area contributed by atoms with Gasteiger partial charge in [-0.3, -0.25) is 0 Å². The number of benzene rings is 9. The van der Waals surface area contributed by atoms with E-state index in [4.69, 9.17) is 23.2 Å². The maximum absolute atomic E-state index is 6.25. The second-order valence-electron chi connectivity index (χ2n) is 24.4. The van der Waals surface area contributed by atoms with Gasteiger partial charge in [-0.25, -0.2) is 0 Å². The van der Waals surface area contributed by atoms with Crippen molar-refractivity contribution in [3.05, 3.63) is 267 Å². The zero-order chi connectivity index (χ0) is 54.5. The molecule has 8 aliphatic rings. The molecule has 8 bridgehead atoms. The summed E-state index contributed by atoms with van der Waals surface area (Å²) in [6, 6.07) is 83.9. The van der Waals surface area contributed by atoms with Crippen LogP contribution in [0.4, 0.5) is 28.4 Å². The predicted octanol–water partition coefficient (Wildman–Crippen LogP) is 22.4. The van der Waals surface area contributed by atoms with Gasteiger partial charge < -0.3 is 10.2 Å². The Hall–Kier alpha value is -6.11. The van der Waals surface area contributed by atoms with Gasteiger partial charge in [0.25, 0.3) is 0 Å². The number of anilines is 5. The van der Waals surface area contributed by atoms with Gasteiger partial charge in [0.05, 0.1) is 0 Å². The number of nitrogens with one attached hydrogen (secondary N) is 1. The lowest BCUT2D eigenvalue weighted by atomic mass is 9.48. The summed E-state index contributed by atoms with van der Waals surface area (Å²) in [6.07, 6.45) is 17.5. The maximum atomic E-state index is 6.25.